The number of benzene rings is 1. The number of rotatable bonds is 6. The van der Waals surface area contributed by atoms with Crippen LogP contribution in [0.1, 0.15) is 44.0 Å². The van der Waals surface area contributed by atoms with E-state index in [9.17, 15) is 0 Å². The van der Waals surface area contributed by atoms with E-state index in [0.29, 0.717) is 6.04 Å². The number of anilines is 1. The number of morpholine rings is 1. The van der Waals surface area contributed by atoms with E-state index in [1.165, 1.54) is 53.8 Å². The maximum atomic E-state index is 5.51. The van der Waals surface area contributed by atoms with Gasteiger partial charge in [-0.05, 0) is 44.2 Å². The second kappa shape index (κ2) is 7.44. The molecular weight excluding hydrogens is 336 g/mol. The molecule has 2 aliphatic heterocycles. The standard InChI is InChI=1S/C22H32N4O/c1-16-2-6-18-19(23-16)7-8-20-22(18)24-21(9-5-17-3-4-17)26(20)11-10-25-12-14-27-15-13-25/h7-8,16-17,23H,2-6,9-15H2,1H3/t16-/m0/s1. The maximum Gasteiger partial charge on any atom is 0.109 e. The lowest BCUT2D eigenvalue weighted by atomic mass is 9.98. The van der Waals surface area contributed by atoms with Gasteiger partial charge in [-0.2, -0.15) is 0 Å². The van der Waals surface area contributed by atoms with Gasteiger partial charge in [-0.15, -0.1) is 0 Å². The van der Waals surface area contributed by atoms with Gasteiger partial charge in [-0.25, -0.2) is 4.98 Å². The predicted molar refractivity (Wildman–Crippen MR) is 109 cm³/mol. The molecule has 1 aromatic heterocycles. The molecule has 0 amide bonds. The molecule has 1 aromatic carbocycles. The van der Waals surface area contributed by atoms with Crippen LogP contribution in [0.25, 0.3) is 11.0 Å². The molecule has 0 bridgehead atoms. The topological polar surface area (TPSA) is 42.3 Å². The molecule has 0 spiro atoms. The number of nitrogens with one attached hydrogen (secondary N) is 1. The Balaban J connectivity index is 1.44. The molecule has 3 aliphatic rings. The van der Waals surface area contributed by atoms with Crippen molar-refractivity contribution in [3.63, 3.8) is 0 Å². The van der Waals surface area contributed by atoms with Gasteiger partial charge in [0.25, 0.3) is 0 Å². The van der Waals surface area contributed by atoms with Crippen LogP contribution in [0.4, 0.5) is 5.69 Å². The summed E-state index contributed by atoms with van der Waals surface area (Å²) in [5, 5.41) is 3.65. The Morgan fingerprint density at radius 2 is 2.00 bits per heavy atom. The smallest absolute Gasteiger partial charge is 0.109 e. The molecule has 1 aliphatic carbocycles. The first-order valence-electron chi connectivity index (χ1n) is 10.9. The van der Waals surface area contributed by atoms with Gasteiger partial charge in [0.05, 0.1) is 24.2 Å². The zero-order valence-corrected chi connectivity index (χ0v) is 16.5. The first-order valence-corrected chi connectivity index (χ1v) is 10.9. The molecule has 146 valence electrons. The molecule has 5 nitrogen and oxygen atoms in total. The van der Waals surface area contributed by atoms with Gasteiger partial charge in [0.1, 0.15) is 5.82 Å². The number of aryl methyl sites for hydroxylation is 2. The quantitative estimate of drug-likeness (QED) is 0.848. The van der Waals surface area contributed by atoms with Gasteiger partial charge in [0.15, 0.2) is 0 Å². The predicted octanol–water partition coefficient (Wildman–Crippen LogP) is 3.46. The Morgan fingerprint density at radius 1 is 1.15 bits per heavy atom. The van der Waals surface area contributed by atoms with Crippen LogP contribution in [0.2, 0.25) is 0 Å². The fourth-order valence-electron chi connectivity index (χ4n) is 4.63. The molecular formula is C22H32N4O. The third-order valence-electron chi connectivity index (χ3n) is 6.55. The Kier molecular flexibility index (Phi) is 4.82. The number of hydrogen-bond donors (Lipinski definition) is 1. The average Bonchev–Trinajstić information content (AvgIpc) is 3.45. The van der Waals surface area contributed by atoms with Gasteiger partial charge < -0.3 is 14.6 Å². The van der Waals surface area contributed by atoms with E-state index < -0.39 is 0 Å². The summed E-state index contributed by atoms with van der Waals surface area (Å²) in [6.07, 6.45) is 7.61. The fourth-order valence-corrected chi connectivity index (χ4v) is 4.63. The van der Waals surface area contributed by atoms with Crippen LogP contribution in [0, 0.1) is 5.92 Å². The van der Waals surface area contributed by atoms with Crippen LogP contribution in [0.15, 0.2) is 12.1 Å². The van der Waals surface area contributed by atoms with Crippen molar-refractivity contribution in [3.05, 3.63) is 23.5 Å². The lowest BCUT2D eigenvalue weighted by molar-refractivity contribution is 0.0364. The Morgan fingerprint density at radius 3 is 2.81 bits per heavy atom. The number of nitrogens with zero attached hydrogens (tertiary/aromatic N) is 3. The second-order valence-corrected chi connectivity index (χ2v) is 8.66. The van der Waals surface area contributed by atoms with E-state index in [2.05, 4.69) is 33.8 Å². The summed E-state index contributed by atoms with van der Waals surface area (Å²) in [4.78, 5) is 7.72. The largest absolute Gasteiger partial charge is 0.382 e. The van der Waals surface area contributed by atoms with Crippen molar-refractivity contribution in [1.82, 2.24) is 14.5 Å². The first kappa shape index (κ1) is 17.5. The van der Waals surface area contributed by atoms with Crippen LogP contribution in [0.3, 0.4) is 0 Å². The van der Waals surface area contributed by atoms with Crippen LogP contribution in [0.5, 0.6) is 0 Å². The van der Waals surface area contributed by atoms with Crippen LogP contribution >= 0.6 is 0 Å². The summed E-state index contributed by atoms with van der Waals surface area (Å²) in [5.41, 5.74) is 5.32. The fraction of sp³-hybridized carbons (Fsp3) is 0.682. The molecule has 27 heavy (non-hydrogen) atoms. The highest BCUT2D eigenvalue weighted by Gasteiger charge is 2.24. The van der Waals surface area contributed by atoms with Gasteiger partial charge in [0, 0.05) is 49.9 Å². The minimum Gasteiger partial charge on any atom is -0.382 e. The van der Waals surface area contributed by atoms with E-state index in [0.717, 1.165) is 58.2 Å². The summed E-state index contributed by atoms with van der Waals surface area (Å²) >= 11 is 0. The summed E-state index contributed by atoms with van der Waals surface area (Å²) in [6.45, 7) is 8.27. The highest BCUT2D eigenvalue weighted by molar-refractivity contribution is 5.86. The monoisotopic (exact) mass is 368 g/mol. The number of ether oxygens (including phenoxy) is 1. The molecule has 1 N–H and O–H groups in total. The van der Waals surface area contributed by atoms with Gasteiger partial charge >= 0.3 is 0 Å². The average molecular weight is 369 g/mol. The van der Waals surface area contributed by atoms with Crippen molar-refractivity contribution < 1.29 is 4.74 Å². The maximum absolute atomic E-state index is 5.51. The van der Waals surface area contributed by atoms with E-state index >= 15 is 0 Å². The van der Waals surface area contributed by atoms with Gasteiger partial charge in [-0.3, -0.25) is 4.90 Å². The molecule has 1 atom stereocenters. The van der Waals surface area contributed by atoms with Crippen molar-refractivity contribution in [3.8, 4) is 0 Å². The first-order chi connectivity index (χ1) is 13.3. The van der Waals surface area contributed by atoms with Crippen LogP contribution in [-0.2, 0) is 24.1 Å². The number of aromatic nitrogens is 2. The molecule has 0 unspecified atom stereocenters. The molecule has 1 saturated heterocycles. The molecule has 2 fully saturated rings. The van der Waals surface area contributed by atoms with Crippen molar-refractivity contribution >= 4 is 16.7 Å². The summed E-state index contributed by atoms with van der Waals surface area (Å²) < 4.78 is 8.03. The highest BCUT2D eigenvalue weighted by Crippen LogP contribution is 2.35. The highest BCUT2D eigenvalue weighted by atomic mass is 16.5. The summed E-state index contributed by atoms with van der Waals surface area (Å²) in [7, 11) is 0. The minimum absolute atomic E-state index is 0.563. The molecule has 1 saturated carbocycles. The summed E-state index contributed by atoms with van der Waals surface area (Å²) in [5.74, 6) is 2.26. The van der Waals surface area contributed by atoms with Crippen molar-refractivity contribution in [2.45, 2.75) is 58.0 Å². The van der Waals surface area contributed by atoms with Gasteiger partial charge in [-0.1, -0.05) is 12.8 Å². The third-order valence-corrected chi connectivity index (χ3v) is 6.55. The van der Waals surface area contributed by atoms with E-state index in [-0.39, 0.29) is 0 Å². The zero-order valence-electron chi connectivity index (χ0n) is 16.5. The third kappa shape index (κ3) is 3.72. The van der Waals surface area contributed by atoms with Gasteiger partial charge in [0.2, 0.25) is 0 Å². The number of fused-ring (bicyclic) bond motifs is 3. The van der Waals surface area contributed by atoms with E-state index in [4.69, 9.17) is 9.72 Å². The summed E-state index contributed by atoms with van der Waals surface area (Å²) in [6, 6.07) is 5.14. The lowest BCUT2D eigenvalue weighted by Crippen LogP contribution is -2.38. The molecule has 5 heteroatoms. The lowest BCUT2D eigenvalue weighted by Gasteiger charge is -2.27. The zero-order chi connectivity index (χ0) is 18.2. The number of hydrogen-bond acceptors (Lipinski definition) is 4. The molecule has 0 radical (unpaired) electrons. The second-order valence-electron chi connectivity index (χ2n) is 8.66. The SMILES string of the molecule is C[C@H]1CCc2c(ccc3c2nc(CCC2CC2)n3CCN2CCOCC2)N1. The normalized spacial score (nSPS) is 23.4. The van der Waals surface area contributed by atoms with E-state index in [1.54, 1.807) is 0 Å². The Bertz CT molecular complexity index is 804. The van der Waals surface area contributed by atoms with Crippen molar-refractivity contribution in [1.29, 1.82) is 0 Å². The molecule has 3 heterocycles. The minimum atomic E-state index is 0.563. The Hall–Kier alpha value is -1.59. The van der Waals surface area contributed by atoms with Crippen molar-refractivity contribution in [2.75, 3.05) is 38.2 Å². The number of imidazole rings is 1. The molecule has 2 aromatic rings. The van der Waals surface area contributed by atoms with Crippen LogP contribution in [-0.4, -0.2) is 53.3 Å². The van der Waals surface area contributed by atoms with Crippen LogP contribution < -0.4 is 5.32 Å². The van der Waals surface area contributed by atoms with Crippen molar-refractivity contribution in [2.24, 2.45) is 5.92 Å². The Labute approximate surface area is 162 Å². The molecule has 5 rings (SSSR count). The van der Waals surface area contributed by atoms with E-state index in [1.807, 2.05) is 0 Å².